The number of hydrogen-bond donors (Lipinski definition) is 0. The third-order valence-corrected chi connectivity index (χ3v) is 4.48. The van der Waals surface area contributed by atoms with E-state index in [9.17, 15) is 14.0 Å². The van der Waals surface area contributed by atoms with Gasteiger partial charge in [0.25, 0.3) is 5.56 Å². The fraction of sp³-hybridized carbons (Fsp3) is 0.227. The molecule has 0 N–H and O–H groups in total. The quantitative estimate of drug-likeness (QED) is 0.507. The molecule has 5 nitrogen and oxygen atoms in total. The largest absolute Gasteiger partial charge is 0.463 e. The van der Waals surface area contributed by atoms with Crippen molar-refractivity contribution in [3.63, 3.8) is 0 Å². The van der Waals surface area contributed by atoms with Gasteiger partial charge in [-0.3, -0.25) is 9.36 Å². The van der Waals surface area contributed by atoms with Crippen LogP contribution in [0.15, 0.2) is 41.2 Å². The van der Waals surface area contributed by atoms with Gasteiger partial charge in [0.05, 0.1) is 17.7 Å². The lowest BCUT2D eigenvalue weighted by Crippen LogP contribution is -2.24. The molecule has 0 unspecified atom stereocenters. The van der Waals surface area contributed by atoms with E-state index in [0.29, 0.717) is 11.4 Å². The van der Waals surface area contributed by atoms with E-state index in [-0.39, 0.29) is 23.1 Å². The van der Waals surface area contributed by atoms with Crippen LogP contribution in [0.1, 0.15) is 29.4 Å². The Balaban J connectivity index is 2.24. The number of rotatable bonds is 4. The molecule has 28 heavy (non-hydrogen) atoms. The Morgan fingerprint density at radius 1 is 1.21 bits per heavy atom. The molecule has 0 fully saturated rings. The Labute approximate surface area is 162 Å². The van der Waals surface area contributed by atoms with E-state index >= 15 is 0 Å². The summed E-state index contributed by atoms with van der Waals surface area (Å²) in [6.07, 6.45) is 2.62. The lowest BCUT2D eigenvalue weighted by Gasteiger charge is -2.16. The highest BCUT2D eigenvalue weighted by molar-refractivity contribution is 5.89. The summed E-state index contributed by atoms with van der Waals surface area (Å²) in [5.41, 5.74) is 2.62. The number of hydrogen-bond acceptors (Lipinski definition) is 4. The van der Waals surface area contributed by atoms with Crippen LogP contribution >= 0.6 is 0 Å². The molecule has 2 aromatic carbocycles. The molecule has 3 rings (SSSR count). The number of halogens is 1. The molecule has 0 saturated carbocycles. The van der Waals surface area contributed by atoms with Crippen LogP contribution in [0.2, 0.25) is 0 Å². The summed E-state index contributed by atoms with van der Waals surface area (Å²) in [6, 6.07) is 8.52. The van der Waals surface area contributed by atoms with Gasteiger partial charge >= 0.3 is 5.97 Å². The molecule has 0 aliphatic heterocycles. The maximum atomic E-state index is 14.6. The smallest absolute Gasteiger partial charge is 0.330 e. The summed E-state index contributed by atoms with van der Waals surface area (Å²) in [5, 5.41) is 0.150. The summed E-state index contributed by atoms with van der Waals surface area (Å²) >= 11 is 0. The molecule has 0 radical (unpaired) electrons. The lowest BCUT2D eigenvalue weighted by atomic mass is 10.1. The van der Waals surface area contributed by atoms with E-state index in [1.165, 1.54) is 28.9 Å². The lowest BCUT2D eigenvalue weighted by molar-refractivity contribution is -0.137. The number of esters is 1. The van der Waals surface area contributed by atoms with Crippen molar-refractivity contribution in [3.05, 3.63) is 75.1 Å². The molecule has 0 aliphatic carbocycles. The van der Waals surface area contributed by atoms with Crippen LogP contribution in [0.25, 0.3) is 22.7 Å². The van der Waals surface area contributed by atoms with Crippen LogP contribution in [0.3, 0.4) is 0 Å². The summed E-state index contributed by atoms with van der Waals surface area (Å²) in [5.74, 6) is -0.739. The Morgan fingerprint density at radius 2 is 1.89 bits per heavy atom. The molecule has 0 saturated heterocycles. The fourth-order valence-electron chi connectivity index (χ4n) is 3.25. The number of nitrogens with zero attached hydrogens (tertiary/aromatic N) is 2. The van der Waals surface area contributed by atoms with Gasteiger partial charge in [0.15, 0.2) is 0 Å². The van der Waals surface area contributed by atoms with Crippen LogP contribution in [0.4, 0.5) is 4.39 Å². The van der Waals surface area contributed by atoms with Crippen LogP contribution in [0.5, 0.6) is 0 Å². The topological polar surface area (TPSA) is 61.2 Å². The molecule has 1 aromatic heterocycles. The third kappa shape index (κ3) is 3.58. The second-order valence-corrected chi connectivity index (χ2v) is 6.52. The first kappa shape index (κ1) is 19.5. The molecular formula is C22H21FN2O3. The number of ether oxygens (including phenoxy) is 1. The van der Waals surface area contributed by atoms with E-state index in [1.54, 1.807) is 13.8 Å². The van der Waals surface area contributed by atoms with E-state index in [4.69, 9.17) is 4.74 Å². The predicted molar refractivity (Wildman–Crippen MR) is 107 cm³/mol. The Hall–Kier alpha value is -3.28. The molecule has 0 atom stereocenters. The van der Waals surface area contributed by atoms with Crippen molar-refractivity contribution in [2.75, 3.05) is 6.61 Å². The van der Waals surface area contributed by atoms with Crippen LogP contribution in [-0.4, -0.2) is 22.1 Å². The summed E-state index contributed by atoms with van der Waals surface area (Å²) < 4.78 is 20.9. The molecule has 3 aromatic rings. The Kier molecular flexibility index (Phi) is 5.40. The van der Waals surface area contributed by atoms with Gasteiger partial charge in [-0.1, -0.05) is 18.2 Å². The average molecular weight is 380 g/mol. The predicted octanol–water partition coefficient (Wildman–Crippen LogP) is 4.03. The number of aromatic nitrogens is 2. The van der Waals surface area contributed by atoms with Gasteiger partial charge in [-0.25, -0.2) is 14.2 Å². The van der Waals surface area contributed by atoms with Crippen LogP contribution < -0.4 is 5.56 Å². The minimum Gasteiger partial charge on any atom is -0.463 e. The minimum absolute atomic E-state index is 0.0123. The molecular weight excluding hydrogens is 359 g/mol. The van der Waals surface area contributed by atoms with E-state index in [2.05, 4.69) is 4.98 Å². The molecule has 6 heteroatoms. The van der Waals surface area contributed by atoms with Gasteiger partial charge in [-0.15, -0.1) is 0 Å². The van der Waals surface area contributed by atoms with Crippen molar-refractivity contribution >= 4 is 22.9 Å². The van der Waals surface area contributed by atoms with E-state index in [0.717, 1.165) is 16.8 Å². The first-order valence-electron chi connectivity index (χ1n) is 8.97. The minimum atomic E-state index is -0.616. The van der Waals surface area contributed by atoms with Gasteiger partial charge in [0.2, 0.25) is 0 Å². The summed E-state index contributed by atoms with van der Waals surface area (Å²) in [6.45, 7) is 7.46. The number of aryl methyl sites for hydroxylation is 3. The molecule has 0 amide bonds. The highest BCUT2D eigenvalue weighted by atomic mass is 19.1. The highest BCUT2D eigenvalue weighted by Gasteiger charge is 2.16. The van der Waals surface area contributed by atoms with Crippen molar-refractivity contribution < 1.29 is 13.9 Å². The standard InChI is InChI=1S/C22H21FN2O3/c1-5-28-19(26)10-9-16-11-17-20(18(23)12-16)24-15(4)25(22(17)27)21-13(2)7-6-8-14(21)3/h6-12H,5H2,1-4H3/b10-9+. The van der Waals surface area contributed by atoms with Gasteiger partial charge < -0.3 is 4.74 Å². The zero-order chi connectivity index (χ0) is 20.4. The Bertz CT molecular complexity index is 1140. The molecule has 0 spiro atoms. The molecule has 1 heterocycles. The Morgan fingerprint density at radius 3 is 2.54 bits per heavy atom. The SMILES string of the molecule is CCOC(=O)/C=C/c1cc(F)c2nc(C)n(-c3c(C)cccc3C)c(=O)c2c1. The van der Waals surface area contributed by atoms with Gasteiger partial charge in [-0.2, -0.15) is 0 Å². The van der Waals surface area contributed by atoms with Crippen molar-refractivity contribution in [2.45, 2.75) is 27.7 Å². The van der Waals surface area contributed by atoms with Crippen molar-refractivity contribution in [1.29, 1.82) is 0 Å². The maximum Gasteiger partial charge on any atom is 0.330 e. The molecule has 0 bridgehead atoms. The zero-order valence-corrected chi connectivity index (χ0v) is 16.2. The second-order valence-electron chi connectivity index (χ2n) is 6.52. The van der Waals surface area contributed by atoms with Gasteiger partial charge in [-0.05, 0) is 62.6 Å². The first-order valence-corrected chi connectivity index (χ1v) is 8.97. The van der Waals surface area contributed by atoms with Crippen molar-refractivity contribution in [1.82, 2.24) is 9.55 Å². The fourth-order valence-corrected chi connectivity index (χ4v) is 3.25. The zero-order valence-electron chi connectivity index (χ0n) is 16.2. The average Bonchev–Trinajstić information content (AvgIpc) is 2.63. The molecule has 0 aliphatic rings. The number of fused-ring (bicyclic) bond motifs is 1. The van der Waals surface area contributed by atoms with Crippen LogP contribution in [-0.2, 0) is 9.53 Å². The second kappa shape index (κ2) is 7.76. The number of carbonyl (C=O) groups excluding carboxylic acids is 1. The number of carbonyl (C=O) groups is 1. The van der Waals surface area contributed by atoms with Crippen LogP contribution in [0, 0.1) is 26.6 Å². The first-order chi connectivity index (χ1) is 13.3. The third-order valence-electron chi connectivity index (χ3n) is 4.48. The number of para-hydroxylation sites is 1. The summed E-state index contributed by atoms with van der Waals surface area (Å²) in [4.78, 5) is 29.1. The van der Waals surface area contributed by atoms with E-state index in [1.807, 2.05) is 32.0 Å². The van der Waals surface area contributed by atoms with E-state index < -0.39 is 11.8 Å². The monoisotopic (exact) mass is 380 g/mol. The van der Waals surface area contributed by atoms with Crippen molar-refractivity contribution in [3.8, 4) is 5.69 Å². The van der Waals surface area contributed by atoms with Crippen molar-refractivity contribution in [2.24, 2.45) is 0 Å². The molecule has 144 valence electrons. The van der Waals surface area contributed by atoms with Gasteiger partial charge in [0, 0.05) is 6.08 Å². The maximum absolute atomic E-state index is 14.6. The normalized spacial score (nSPS) is 11.3. The van der Waals surface area contributed by atoms with Gasteiger partial charge in [0.1, 0.15) is 17.2 Å². The number of benzene rings is 2. The highest BCUT2D eigenvalue weighted by Crippen LogP contribution is 2.22. The summed E-state index contributed by atoms with van der Waals surface area (Å²) in [7, 11) is 0.